The Kier molecular flexibility index (Phi) is 10.7. The molecule has 6 aromatic carbocycles. The molecule has 10 nitrogen and oxygen atoms in total. The second kappa shape index (κ2) is 16.2. The first-order valence-corrected chi connectivity index (χ1v) is 23.2. The van der Waals surface area contributed by atoms with E-state index in [-0.39, 0.29) is 11.7 Å². The van der Waals surface area contributed by atoms with E-state index in [1.165, 1.54) is 18.6 Å². The topological polar surface area (TPSA) is 88.4 Å². The zero-order valence-corrected chi connectivity index (χ0v) is 38.6. The van der Waals surface area contributed by atoms with Crippen molar-refractivity contribution in [2.45, 2.75) is 88.9 Å². The van der Waals surface area contributed by atoms with Gasteiger partial charge in [0.2, 0.25) is 11.4 Å². The fourth-order valence-corrected chi connectivity index (χ4v) is 11.0. The van der Waals surface area contributed by atoms with Crippen LogP contribution in [0, 0.1) is 0 Å². The number of aliphatic imine (C=N–C) groups is 2. The Balaban J connectivity index is 0.000000162. The number of benzene rings is 6. The number of carbonyl (C=O) groups is 1. The van der Waals surface area contributed by atoms with Crippen LogP contribution in [0.1, 0.15) is 71.4 Å². The van der Waals surface area contributed by atoms with Crippen molar-refractivity contribution in [1.29, 1.82) is 0 Å². The molecule has 5 heterocycles. The Morgan fingerprint density at radius 1 is 0.701 bits per heavy atom. The average Bonchev–Trinajstić information content (AvgIpc) is 3.62. The van der Waals surface area contributed by atoms with Crippen molar-refractivity contribution in [2.75, 3.05) is 48.0 Å². The zero-order chi connectivity index (χ0) is 46.9. The van der Waals surface area contributed by atoms with Gasteiger partial charge in [0.05, 0.1) is 24.5 Å². The number of piperidine rings is 1. The Hall–Kier alpha value is -6.76. The number of halogens is 3. The summed E-state index contributed by atoms with van der Waals surface area (Å²) < 4.78 is 62.5. The van der Waals surface area contributed by atoms with Crippen molar-refractivity contribution in [1.82, 2.24) is 0 Å². The minimum absolute atomic E-state index is 0.232. The molecule has 0 amide bonds. The van der Waals surface area contributed by atoms with Gasteiger partial charge in [0.15, 0.2) is 11.2 Å². The van der Waals surface area contributed by atoms with Gasteiger partial charge >= 0.3 is 12.3 Å². The Morgan fingerprint density at radius 2 is 1.36 bits per heavy atom. The summed E-state index contributed by atoms with van der Waals surface area (Å²) in [7, 11) is 1.93. The molecule has 3 unspecified atom stereocenters. The van der Waals surface area contributed by atoms with Crippen LogP contribution in [0.3, 0.4) is 0 Å². The standard InChI is InChI=1S/C30H32F3N3O2.C24H22N2O3/c1-4-14-36-24-13-12-20(37-30(31,32)33)17-23(24)28(2,3)29(36)19-34-27-22-11-7-6-10-21(22)25(18-26(27)38-29)35-15-8-5-9-16-35;1-4-28-22(27)23(2)18-11-7-8-12-19(18)26(3)24(23)15-25-21-17-10-6-5-9-16(17)13-14-20(21)29-24/h6-7,10-13,17-19H,4-5,8-9,14-16H2,1-3H3;5-15H,4H2,1-3H3. The maximum absolute atomic E-state index is 13.3. The van der Waals surface area contributed by atoms with E-state index in [0.717, 1.165) is 93.5 Å². The number of esters is 1. The molecule has 6 aromatic rings. The molecule has 1 saturated heterocycles. The quantitative estimate of drug-likeness (QED) is 0.153. The number of carbonyl (C=O) groups excluding carboxylic acids is 1. The van der Waals surface area contributed by atoms with Gasteiger partial charge in [-0.3, -0.25) is 14.8 Å². The van der Waals surface area contributed by atoms with E-state index in [1.54, 1.807) is 12.3 Å². The molecule has 5 aliphatic heterocycles. The molecule has 346 valence electrons. The molecule has 3 atom stereocenters. The van der Waals surface area contributed by atoms with Gasteiger partial charge in [-0.15, -0.1) is 13.2 Å². The molecule has 1 fully saturated rings. The lowest BCUT2D eigenvalue weighted by Gasteiger charge is -2.46. The number of ether oxygens (including phenoxy) is 4. The summed E-state index contributed by atoms with van der Waals surface area (Å²) in [6.45, 7) is 12.7. The van der Waals surface area contributed by atoms with Crippen LogP contribution in [0.2, 0.25) is 0 Å². The number of likely N-dealkylation sites (N-methyl/N-ethyl adjacent to an activating group) is 1. The van der Waals surface area contributed by atoms with Crippen molar-refractivity contribution in [3.63, 3.8) is 0 Å². The third-order valence-electron chi connectivity index (χ3n) is 14.4. The number of alkyl halides is 3. The van der Waals surface area contributed by atoms with E-state index < -0.39 is 28.6 Å². The Labute approximate surface area is 388 Å². The first-order valence-electron chi connectivity index (χ1n) is 23.2. The molecule has 11 rings (SSSR count). The highest BCUT2D eigenvalue weighted by Crippen LogP contribution is 2.58. The van der Waals surface area contributed by atoms with E-state index in [9.17, 15) is 18.0 Å². The van der Waals surface area contributed by atoms with Crippen molar-refractivity contribution in [3.05, 3.63) is 120 Å². The van der Waals surface area contributed by atoms with Gasteiger partial charge in [-0.2, -0.15) is 0 Å². The van der Waals surface area contributed by atoms with Crippen molar-refractivity contribution >= 4 is 68.4 Å². The van der Waals surface area contributed by atoms with Crippen LogP contribution in [-0.4, -0.2) is 69.5 Å². The van der Waals surface area contributed by atoms with Crippen molar-refractivity contribution in [2.24, 2.45) is 9.98 Å². The summed E-state index contributed by atoms with van der Waals surface area (Å²) in [5.41, 5.74) is 2.17. The molecule has 13 heteroatoms. The van der Waals surface area contributed by atoms with Crippen LogP contribution in [-0.2, 0) is 20.4 Å². The number of nitrogens with zero attached hydrogens (tertiary/aromatic N) is 5. The predicted molar refractivity (Wildman–Crippen MR) is 260 cm³/mol. The largest absolute Gasteiger partial charge is 0.573 e. The molecule has 2 spiro atoms. The number of fused-ring (bicyclic) bond motifs is 8. The SMILES string of the molecule is CCCN1c2ccc(OC(F)(F)F)cc2C(C)(C)C12C=Nc1c(cc(N3CCCCC3)c3ccccc13)O2.CCOC(=O)C1(C)c2ccccc2N(C)C12C=Nc1c(ccc3ccccc13)O2. The van der Waals surface area contributed by atoms with Crippen molar-refractivity contribution < 1.29 is 36.9 Å². The summed E-state index contributed by atoms with van der Waals surface area (Å²) in [6.07, 6.45) is 3.24. The zero-order valence-electron chi connectivity index (χ0n) is 38.6. The van der Waals surface area contributed by atoms with E-state index in [0.29, 0.717) is 24.7 Å². The molecule has 0 aromatic heterocycles. The van der Waals surface area contributed by atoms with Crippen molar-refractivity contribution in [3.8, 4) is 17.2 Å². The van der Waals surface area contributed by atoms with Crippen LogP contribution in [0.5, 0.6) is 17.2 Å². The van der Waals surface area contributed by atoms with Gasteiger partial charge in [0, 0.05) is 66.0 Å². The van der Waals surface area contributed by atoms with Gasteiger partial charge < -0.3 is 33.6 Å². The number of para-hydroxylation sites is 1. The Bertz CT molecular complexity index is 2980. The first kappa shape index (κ1) is 44.1. The molecule has 0 radical (unpaired) electrons. The van der Waals surface area contributed by atoms with Crippen LogP contribution < -0.4 is 28.9 Å². The highest BCUT2D eigenvalue weighted by molar-refractivity contribution is 6.07. The number of hydrogen-bond donors (Lipinski definition) is 0. The van der Waals surface area contributed by atoms with Crippen LogP contribution in [0.4, 0.5) is 41.6 Å². The maximum Gasteiger partial charge on any atom is 0.573 e. The normalized spacial score (nSPS) is 23.0. The Morgan fingerprint density at radius 3 is 2.09 bits per heavy atom. The van der Waals surface area contributed by atoms with Gasteiger partial charge in [0.25, 0.3) is 0 Å². The third kappa shape index (κ3) is 6.78. The molecular formula is C54H54F3N5O5. The lowest BCUT2D eigenvalue weighted by atomic mass is 9.75. The summed E-state index contributed by atoms with van der Waals surface area (Å²) in [5.74, 6) is 0.791. The number of hydrogen-bond acceptors (Lipinski definition) is 10. The third-order valence-corrected chi connectivity index (χ3v) is 14.4. The highest BCUT2D eigenvalue weighted by Gasteiger charge is 2.66. The predicted octanol–water partition coefficient (Wildman–Crippen LogP) is 12.3. The van der Waals surface area contributed by atoms with Crippen LogP contribution in [0.25, 0.3) is 21.5 Å². The minimum atomic E-state index is -4.76. The fraction of sp³-hybridized carbons (Fsp3) is 0.352. The molecule has 0 saturated carbocycles. The second-order valence-electron chi connectivity index (χ2n) is 18.5. The van der Waals surface area contributed by atoms with E-state index in [2.05, 4.69) is 51.8 Å². The summed E-state index contributed by atoms with van der Waals surface area (Å²) in [4.78, 5) is 29.7. The number of rotatable bonds is 6. The molecule has 67 heavy (non-hydrogen) atoms. The number of anilines is 3. The molecule has 0 N–H and O–H groups in total. The maximum atomic E-state index is 13.3. The van der Waals surface area contributed by atoms with Gasteiger partial charge in [-0.05, 0) is 100 Å². The lowest BCUT2D eigenvalue weighted by Crippen LogP contribution is -2.65. The van der Waals surface area contributed by atoms with E-state index in [4.69, 9.17) is 24.2 Å². The lowest BCUT2D eigenvalue weighted by molar-refractivity contribution is -0.274. The van der Waals surface area contributed by atoms with Crippen LogP contribution >= 0.6 is 0 Å². The van der Waals surface area contributed by atoms with E-state index in [1.807, 2.05) is 107 Å². The fourth-order valence-electron chi connectivity index (χ4n) is 11.0. The van der Waals surface area contributed by atoms with Gasteiger partial charge in [-0.1, -0.05) is 79.7 Å². The van der Waals surface area contributed by atoms with Gasteiger partial charge in [0.1, 0.15) is 22.9 Å². The molecule has 5 aliphatic rings. The smallest absolute Gasteiger partial charge is 0.465 e. The van der Waals surface area contributed by atoms with Gasteiger partial charge in [-0.25, -0.2) is 0 Å². The molecule has 0 aliphatic carbocycles. The monoisotopic (exact) mass is 909 g/mol. The summed E-state index contributed by atoms with van der Waals surface area (Å²) in [5, 5.41) is 4.30. The highest BCUT2D eigenvalue weighted by atomic mass is 19.4. The van der Waals surface area contributed by atoms with Crippen LogP contribution in [0.15, 0.2) is 119 Å². The minimum Gasteiger partial charge on any atom is -0.465 e. The summed E-state index contributed by atoms with van der Waals surface area (Å²) in [6, 6.07) is 34.9. The molecular weight excluding hydrogens is 856 g/mol. The second-order valence-corrected chi connectivity index (χ2v) is 18.5. The summed E-state index contributed by atoms with van der Waals surface area (Å²) >= 11 is 0. The molecule has 0 bridgehead atoms. The first-order chi connectivity index (χ1) is 32.2. The van der Waals surface area contributed by atoms with E-state index >= 15 is 0 Å². The average molecular weight is 910 g/mol.